The number of methoxy groups -OCH3 is 1. The van der Waals surface area contributed by atoms with Gasteiger partial charge in [0.1, 0.15) is 5.75 Å². The fraction of sp³-hybridized carbons (Fsp3) is 0.458. The Hall–Kier alpha value is -2.73. The molecule has 2 aromatic carbocycles. The van der Waals surface area contributed by atoms with Crippen LogP contribution in [0.25, 0.3) is 0 Å². The van der Waals surface area contributed by atoms with Crippen LogP contribution in [0.2, 0.25) is 0 Å². The van der Waals surface area contributed by atoms with Crippen molar-refractivity contribution in [3.05, 3.63) is 53.6 Å². The van der Waals surface area contributed by atoms with Crippen LogP contribution < -0.4 is 14.2 Å². The van der Waals surface area contributed by atoms with Crippen LogP contribution in [0, 0.1) is 0 Å². The second-order valence-corrected chi connectivity index (χ2v) is 8.30. The monoisotopic (exact) mass is 407 g/mol. The third-order valence-electron chi connectivity index (χ3n) is 6.48. The highest BCUT2D eigenvalue weighted by molar-refractivity contribution is 6.02. The number of para-hydroxylation sites is 1. The molecule has 0 N–H and O–H groups in total. The molecule has 3 heterocycles. The van der Waals surface area contributed by atoms with Gasteiger partial charge in [0, 0.05) is 37.9 Å². The number of hydrogen-bond acceptors (Lipinski definition) is 6. The van der Waals surface area contributed by atoms with Gasteiger partial charge in [-0.3, -0.25) is 0 Å². The summed E-state index contributed by atoms with van der Waals surface area (Å²) in [6.07, 6.45) is 2.69. The van der Waals surface area contributed by atoms with Crippen LogP contribution in [-0.4, -0.2) is 55.2 Å². The van der Waals surface area contributed by atoms with Gasteiger partial charge in [0.15, 0.2) is 11.5 Å². The molecule has 30 heavy (non-hydrogen) atoms. The molecule has 0 aromatic heterocycles. The Balaban J connectivity index is 1.56. The number of nitrogens with zero attached hydrogens (tertiary/aromatic N) is 3. The van der Waals surface area contributed by atoms with Crippen molar-refractivity contribution in [1.29, 1.82) is 0 Å². The van der Waals surface area contributed by atoms with E-state index in [1.165, 1.54) is 0 Å². The van der Waals surface area contributed by atoms with E-state index < -0.39 is 5.72 Å². The largest absolute Gasteiger partial charge is 0.497 e. The molecular formula is C24H29N3O3. The van der Waals surface area contributed by atoms with E-state index in [-0.39, 0.29) is 6.04 Å². The molecule has 0 aliphatic carbocycles. The number of rotatable bonds is 4. The quantitative estimate of drug-likeness (QED) is 0.765. The molecule has 1 saturated heterocycles. The SMILES string of the molecule is CCOc1cccc2c1OC1(CCN(C)CC1)N1N=C(c3ccc(OC)cc3)C[C@@H]21. The van der Waals surface area contributed by atoms with E-state index in [0.29, 0.717) is 6.61 Å². The summed E-state index contributed by atoms with van der Waals surface area (Å²) in [4.78, 5) is 2.36. The number of ether oxygens (including phenoxy) is 3. The van der Waals surface area contributed by atoms with Crippen LogP contribution in [0.1, 0.15) is 43.4 Å². The summed E-state index contributed by atoms with van der Waals surface area (Å²) in [5.74, 6) is 2.60. The molecule has 5 rings (SSSR count). The number of likely N-dealkylation sites (tertiary alicyclic amines) is 1. The van der Waals surface area contributed by atoms with Gasteiger partial charge in [0.25, 0.3) is 0 Å². The highest BCUT2D eigenvalue weighted by Gasteiger charge is 2.52. The maximum atomic E-state index is 6.77. The Morgan fingerprint density at radius 2 is 1.90 bits per heavy atom. The van der Waals surface area contributed by atoms with Gasteiger partial charge in [-0.1, -0.05) is 12.1 Å². The number of piperidine rings is 1. The maximum absolute atomic E-state index is 6.77. The summed E-state index contributed by atoms with van der Waals surface area (Å²) in [7, 11) is 3.86. The lowest BCUT2D eigenvalue weighted by Crippen LogP contribution is -2.58. The first-order valence-corrected chi connectivity index (χ1v) is 10.8. The molecule has 158 valence electrons. The first kappa shape index (κ1) is 19.2. The summed E-state index contributed by atoms with van der Waals surface area (Å²) in [6.45, 7) is 4.61. The normalized spacial score (nSPS) is 22.2. The molecule has 0 unspecified atom stereocenters. The summed E-state index contributed by atoms with van der Waals surface area (Å²) in [6, 6.07) is 14.6. The lowest BCUT2D eigenvalue weighted by atomic mass is 9.90. The number of hydrazone groups is 1. The van der Waals surface area contributed by atoms with Crippen molar-refractivity contribution in [3.63, 3.8) is 0 Å². The molecule has 1 atom stereocenters. The Morgan fingerprint density at radius 3 is 2.60 bits per heavy atom. The van der Waals surface area contributed by atoms with Gasteiger partial charge in [-0.2, -0.15) is 5.10 Å². The predicted molar refractivity (Wildman–Crippen MR) is 116 cm³/mol. The van der Waals surface area contributed by atoms with Crippen molar-refractivity contribution in [3.8, 4) is 17.2 Å². The summed E-state index contributed by atoms with van der Waals surface area (Å²) in [5.41, 5.74) is 2.97. The van der Waals surface area contributed by atoms with Crippen molar-refractivity contribution in [1.82, 2.24) is 9.91 Å². The third kappa shape index (κ3) is 3.10. The standard InChI is InChI=1S/C24H29N3O3/c1-4-29-22-7-5-6-19-21-16-20(17-8-10-18(28-3)11-9-17)25-27(21)24(30-23(19)22)12-14-26(2)15-13-24/h5-11,21H,4,12-16H2,1-3H3/t21-/m0/s1. The predicted octanol–water partition coefficient (Wildman–Crippen LogP) is 4.06. The highest BCUT2D eigenvalue weighted by atomic mass is 16.6. The molecule has 6 heteroatoms. The smallest absolute Gasteiger partial charge is 0.200 e. The fourth-order valence-corrected chi connectivity index (χ4v) is 4.80. The lowest BCUT2D eigenvalue weighted by molar-refractivity contribution is -0.148. The Bertz CT molecular complexity index is 949. The molecule has 0 saturated carbocycles. The van der Waals surface area contributed by atoms with E-state index in [4.69, 9.17) is 19.3 Å². The average molecular weight is 408 g/mol. The van der Waals surface area contributed by atoms with Gasteiger partial charge in [-0.25, -0.2) is 5.01 Å². The Kier molecular flexibility index (Phi) is 4.82. The lowest BCUT2D eigenvalue weighted by Gasteiger charge is -2.51. The fourth-order valence-electron chi connectivity index (χ4n) is 4.80. The molecule has 1 spiro atoms. The van der Waals surface area contributed by atoms with Crippen LogP contribution in [0.4, 0.5) is 0 Å². The molecule has 3 aliphatic rings. The first-order valence-electron chi connectivity index (χ1n) is 10.8. The number of benzene rings is 2. The number of hydrogen-bond donors (Lipinski definition) is 0. The Labute approximate surface area is 178 Å². The Morgan fingerprint density at radius 1 is 1.13 bits per heavy atom. The first-order chi connectivity index (χ1) is 14.6. The van der Waals surface area contributed by atoms with Gasteiger partial charge < -0.3 is 19.1 Å². The van der Waals surface area contributed by atoms with Crippen molar-refractivity contribution in [2.24, 2.45) is 5.10 Å². The van der Waals surface area contributed by atoms with Crippen LogP contribution in [0.3, 0.4) is 0 Å². The molecule has 6 nitrogen and oxygen atoms in total. The summed E-state index contributed by atoms with van der Waals surface area (Å²) >= 11 is 0. The molecule has 1 fully saturated rings. The van der Waals surface area contributed by atoms with E-state index in [9.17, 15) is 0 Å². The van der Waals surface area contributed by atoms with Crippen molar-refractivity contribution in [2.75, 3.05) is 33.9 Å². The van der Waals surface area contributed by atoms with Crippen molar-refractivity contribution < 1.29 is 14.2 Å². The minimum absolute atomic E-state index is 0.162. The summed E-state index contributed by atoms with van der Waals surface area (Å²) in [5, 5.41) is 7.38. The second-order valence-electron chi connectivity index (χ2n) is 8.30. The zero-order chi connectivity index (χ0) is 20.7. The van der Waals surface area contributed by atoms with Gasteiger partial charge in [0.05, 0.1) is 25.5 Å². The maximum Gasteiger partial charge on any atom is 0.200 e. The van der Waals surface area contributed by atoms with Crippen LogP contribution in [0.15, 0.2) is 47.6 Å². The van der Waals surface area contributed by atoms with E-state index in [1.54, 1.807) is 7.11 Å². The molecule has 0 radical (unpaired) electrons. The van der Waals surface area contributed by atoms with Gasteiger partial charge in [-0.15, -0.1) is 0 Å². The molecule has 0 amide bonds. The van der Waals surface area contributed by atoms with Crippen molar-refractivity contribution >= 4 is 5.71 Å². The van der Waals surface area contributed by atoms with Crippen molar-refractivity contribution in [2.45, 2.75) is 38.0 Å². The molecular weight excluding hydrogens is 378 g/mol. The zero-order valence-corrected chi connectivity index (χ0v) is 17.9. The minimum atomic E-state index is -0.425. The topological polar surface area (TPSA) is 46.5 Å². The van der Waals surface area contributed by atoms with E-state index in [1.807, 2.05) is 25.1 Å². The van der Waals surface area contributed by atoms with Gasteiger partial charge >= 0.3 is 0 Å². The van der Waals surface area contributed by atoms with Crippen LogP contribution in [-0.2, 0) is 0 Å². The molecule has 3 aliphatic heterocycles. The van der Waals surface area contributed by atoms with E-state index in [2.05, 4.69) is 41.2 Å². The van der Waals surface area contributed by atoms with Crippen LogP contribution >= 0.6 is 0 Å². The second kappa shape index (κ2) is 7.51. The van der Waals surface area contributed by atoms with E-state index in [0.717, 1.165) is 66.4 Å². The number of fused-ring (bicyclic) bond motifs is 4. The zero-order valence-electron chi connectivity index (χ0n) is 17.9. The van der Waals surface area contributed by atoms with Gasteiger partial charge in [-0.05, 0) is 49.9 Å². The van der Waals surface area contributed by atoms with Crippen LogP contribution in [0.5, 0.6) is 17.2 Å². The highest BCUT2D eigenvalue weighted by Crippen LogP contribution is 2.52. The molecule has 0 bridgehead atoms. The molecule has 2 aromatic rings. The summed E-state index contributed by atoms with van der Waals surface area (Å²) < 4.78 is 18.0. The minimum Gasteiger partial charge on any atom is -0.497 e. The van der Waals surface area contributed by atoms with Gasteiger partial charge in [0.2, 0.25) is 5.72 Å². The van der Waals surface area contributed by atoms with E-state index >= 15 is 0 Å². The third-order valence-corrected chi connectivity index (χ3v) is 6.48. The average Bonchev–Trinajstić information content (AvgIpc) is 3.24.